The SMILES string of the molecule is CCc1ccc(OCCCOc2ccccc2C=C2SC(=S)N(CC)C2=O)cc1. The van der Waals surface area contributed by atoms with Gasteiger partial charge in [-0.3, -0.25) is 9.69 Å². The zero-order valence-corrected chi connectivity index (χ0v) is 18.4. The predicted molar refractivity (Wildman–Crippen MR) is 123 cm³/mol. The number of hydrogen-bond donors (Lipinski definition) is 0. The number of carbonyl (C=O) groups excluding carboxylic acids is 1. The molecule has 0 radical (unpaired) electrons. The number of nitrogens with zero attached hydrogens (tertiary/aromatic N) is 1. The lowest BCUT2D eigenvalue weighted by Crippen LogP contribution is -2.27. The number of amides is 1. The second kappa shape index (κ2) is 10.5. The quantitative estimate of drug-likeness (QED) is 0.308. The third kappa shape index (κ3) is 5.61. The number of benzene rings is 2. The van der Waals surface area contributed by atoms with E-state index < -0.39 is 0 Å². The van der Waals surface area contributed by atoms with E-state index in [2.05, 4.69) is 19.1 Å². The fraction of sp³-hybridized carbons (Fsp3) is 0.304. The van der Waals surface area contributed by atoms with Gasteiger partial charge in [-0.25, -0.2) is 0 Å². The molecule has 2 aromatic rings. The van der Waals surface area contributed by atoms with E-state index in [9.17, 15) is 4.79 Å². The lowest BCUT2D eigenvalue weighted by Gasteiger charge is -2.11. The summed E-state index contributed by atoms with van der Waals surface area (Å²) in [6.07, 6.45) is 3.65. The van der Waals surface area contributed by atoms with Gasteiger partial charge in [0.15, 0.2) is 0 Å². The Kier molecular flexibility index (Phi) is 7.72. The molecule has 1 saturated heterocycles. The van der Waals surface area contributed by atoms with Gasteiger partial charge in [0.2, 0.25) is 0 Å². The second-order valence-corrected chi connectivity index (χ2v) is 8.19. The maximum absolute atomic E-state index is 12.4. The molecule has 152 valence electrons. The first-order chi connectivity index (χ1) is 14.1. The van der Waals surface area contributed by atoms with Crippen molar-refractivity contribution in [1.82, 2.24) is 4.90 Å². The van der Waals surface area contributed by atoms with E-state index in [0.717, 1.165) is 29.9 Å². The molecule has 0 spiro atoms. The zero-order valence-electron chi connectivity index (χ0n) is 16.7. The van der Waals surface area contributed by atoms with Crippen LogP contribution in [0.5, 0.6) is 11.5 Å². The van der Waals surface area contributed by atoms with E-state index in [1.165, 1.54) is 17.3 Å². The molecule has 0 atom stereocenters. The summed E-state index contributed by atoms with van der Waals surface area (Å²) in [6, 6.07) is 15.9. The van der Waals surface area contributed by atoms with Crippen LogP contribution in [0.3, 0.4) is 0 Å². The monoisotopic (exact) mass is 427 g/mol. The van der Waals surface area contributed by atoms with Crippen molar-refractivity contribution in [2.75, 3.05) is 19.8 Å². The van der Waals surface area contributed by atoms with Gasteiger partial charge in [0.25, 0.3) is 5.91 Å². The van der Waals surface area contributed by atoms with Crippen molar-refractivity contribution >= 4 is 40.3 Å². The lowest BCUT2D eigenvalue weighted by molar-refractivity contribution is -0.121. The highest BCUT2D eigenvalue weighted by Gasteiger charge is 2.30. The molecule has 1 aliphatic heterocycles. The Balaban J connectivity index is 1.53. The number of thiocarbonyl (C=S) groups is 1. The molecular weight excluding hydrogens is 402 g/mol. The number of hydrogen-bond acceptors (Lipinski definition) is 5. The molecule has 3 rings (SSSR count). The number of para-hydroxylation sites is 1. The largest absolute Gasteiger partial charge is 0.493 e. The van der Waals surface area contributed by atoms with Crippen LogP contribution in [0.15, 0.2) is 53.4 Å². The smallest absolute Gasteiger partial charge is 0.266 e. The fourth-order valence-electron chi connectivity index (χ4n) is 2.90. The summed E-state index contributed by atoms with van der Waals surface area (Å²) in [5, 5.41) is 0. The van der Waals surface area contributed by atoms with Crippen molar-refractivity contribution in [3.05, 3.63) is 64.6 Å². The molecule has 0 bridgehead atoms. The third-order valence-corrected chi connectivity index (χ3v) is 5.92. The van der Waals surface area contributed by atoms with Crippen molar-refractivity contribution in [1.29, 1.82) is 0 Å². The maximum Gasteiger partial charge on any atom is 0.266 e. The Bertz CT molecular complexity index is 893. The average Bonchev–Trinajstić information content (AvgIpc) is 3.01. The van der Waals surface area contributed by atoms with Crippen molar-refractivity contribution in [2.24, 2.45) is 0 Å². The number of likely N-dealkylation sites (N-methyl/N-ethyl adjacent to an activating group) is 1. The molecule has 4 nitrogen and oxygen atoms in total. The average molecular weight is 428 g/mol. The fourth-order valence-corrected chi connectivity index (χ4v) is 4.27. The summed E-state index contributed by atoms with van der Waals surface area (Å²) in [5.74, 6) is 1.59. The number of rotatable bonds is 9. The van der Waals surface area contributed by atoms with Crippen LogP contribution in [0.1, 0.15) is 31.4 Å². The van der Waals surface area contributed by atoms with Crippen LogP contribution in [-0.2, 0) is 11.2 Å². The van der Waals surface area contributed by atoms with Gasteiger partial charge in [-0.1, -0.05) is 61.2 Å². The normalized spacial score (nSPS) is 15.2. The standard InChI is InChI=1S/C23H25NO3S2/c1-3-17-10-12-19(13-11-17)26-14-7-15-27-20-9-6-5-8-18(20)16-21-22(25)24(4-2)23(28)29-21/h5-6,8-13,16H,3-4,7,14-15H2,1-2H3. The van der Waals surface area contributed by atoms with Crippen molar-refractivity contribution in [3.63, 3.8) is 0 Å². The van der Waals surface area contributed by atoms with Crippen LogP contribution in [0.25, 0.3) is 6.08 Å². The molecule has 6 heteroatoms. The van der Waals surface area contributed by atoms with Gasteiger partial charge in [0.05, 0.1) is 18.1 Å². The molecule has 0 aromatic heterocycles. The topological polar surface area (TPSA) is 38.8 Å². The number of aryl methyl sites for hydroxylation is 1. The molecule has 1 amide bonds. The zero-order chi connectivity index (χ0) is 20.6. The Morgan fingerprint density at radius 2 is 1.76 bits per heavy atom. The summed E-state index contributed by atoms with van der Waals surface area (Å²) in [5.41, 5.74) is 2.17. The lowest BCUT2D eigenvalue weighted by atomic mass is 10.2. The second-order valence-electron chi connectivity index (χ2n) is 6.51. The first-order valence-electron chi connectivity index (χ1n) is 9.81. The molecular formula is C23H25NO3S2. The van der Waals surface area contributed by atoms with Crippen LogP contribution in [-0.4, -0.2) is 34.9 Å². The minimum Gasteiger partial charge on any atom is -0.493 e. The van der Waals surface area contributed by atoms with E-state index in [0.29, 0.717) is 29.0 Å². The number of carbonyl (C=O) groups is 1. The number of ether oxygens (including phenoxy) is 2. The van der Waals surface area contributed by atoms with E-state index in [-0.39, 0.29) is 5.91 Å². The Labute approximate surface area is 181 Å². The van der Waals surface area contributed by atoms with E-state index in [1.807, 2.05) is 49.4 Å². The molecule has 0 N–H and O–H groups in total. The molecule has 1 heterocycles. The van der Waals surface area contributed by atoms with Crippen LogP contribution in [0, 0.1) is 0 Å². The first-order valence-corrected chi connectivity index (χ1v) is 11.0. The van der Waals surface area contributed by atoms with Crippen molar-refractivity contribution in [3.8, 4) is 11.5 Å². The summed E-state index contributed by atoms with van der Waals surface area (Å²) in [4.78, 5) is 14.7. The summed E-state index contributed by atoms with van der Waals surface area (Å²) in [6.45, 7) is 5.76. The third-order valence-electron chi connectivity index (χ3n) is 4.54. The molecule has 0 aliphatic carbocycles. The van der Waals surface area contributed by atoms with Gasteiger partial charge in [0.1, 0.15) is 15.8 Å². The van der Waals surface area contributed by atoms with Crippen LogP contribution >= 0.6 is 24.0 Å². The van der Waals surface area contributed by atoms with Crippen molar-refractivity contribution in [2.45, 2.75) is 26.7 Å². The minimum absolute atomic E-state index is 0.0419. The highest BCUT2D eigenvalue weighted by molar-refractivity contribution is 8.26. The highest BCUT2D eigenvalue weighted by atomic mass is 32.2. The molecule has 2 aromatic carbocycles. The van der Waals surface area contributed by atoms with E-state index >= 15 is 0 Å². The Morgan fingerprint density at radius 3 is 2.45 bits per heavy atom. The maximum atomic E-state index is 12.4. The van der Waals surface area contributed by atoms with Gasteiger partial charge >= 0.3 is 0 Å². The van der Waals surface area contributed by atoms with Gasteiger partial charge < -0.3 is 9.47 Å². The molecule has 0 unspecified atom stereocenters. The summed E-state index contributed by atoms with van der Waals surface area (Å²) < 4.78 is 12.3. The van der Waals surface area contributed by atoms with Gasteiger partial charge in [0, 0.05) is 18.5 Å². The molecule has 0 saturated carbocycles. The Morgan fingerprint density at radius 1 is 1.03 bits per heavy atom. The van der Waals surface area contributed by atoms with Crippen LogP contribution in [0.2, 0.25) is 0 Å². The number of thioether (sulfide) groups is 1. The summed E-state index contributed by atoms with van der Waals surface area (Å²) >= 11 is 6.61. The van der Waals surface area contributed by atoms with Gasteiger partial charge in [-0.2, -0.15) is 0 Å². The molecule has 1 fully saturated rings. The van der Waals surface area contributed by atoms with Crippen LogP contribution < -0.4 is 9.47 Å². The van der Waals surface area contributed by atoms with Gasteiger partial charge in [-0.05, 0) is 43.2 Å². The van der Waals surface area contributed by atoms with Crippen molar-refractivity contribution < 1.29 is 14.3 Å². The van der Waals surface area contributed by atoms with Crippen LogP contribution in [0.4, 0.5) is 0 Å². The van der Waals surface area contributed by atoms with E-state index in [1.54, 1.807) is 4.90 Å². The first kappa shape index (κ1) is 21.4. The van der Waals surface area contributed by atoms with E-state index in [4.69, 9.17) is 21.7 Å². The molecule has 29 heavy (non-hydrogen) atoms. The highest BCUT2D eigenvalue weighted by Crippen LogP contribution is 2.34. The van der Waals surface area contributed by atoms with Gasteiger partial charge in [-0.15, -0.1) is 0 Å². The Hall–Kier alpha value is -2.31. The molecule has 1 aliphatic rings. The summed E-state index contributed by atoms with van der Waals surface area (Å²) in [7, 11) is 0. The minimum atomic E-state index is -0.0419. The predicted octanol–water partition coefficient (Wildman–Crippen LogP) is 5.32.